The lowest BCUT2D eigenvalue weighted by atomic mass is 10.1. The molecule has 2 aromatic carbocycles. The van der Waals surface area contributed by atoms with Crippen LogP contribution in [0.2, 0.25) is 0 Å². The predicted octanol–water partition coefficient (Wildman–Crippen LogP) is 2.86. The van der Waals surface area contributed by atoms with E-state index in [0.29, 0.717) is 6.54 Å². The molecule has 2 aromatic rings. The molecule has 4 nitrogen and oxygen atoms in total. The van der Waals surface area contributed by atoms with Gasteiger partial charge in [-0.25, -0.2) is 0 Å². The Balaban J connectivity index is 1.55. The van der Waals surface area contributed by atoms with Crippen LogP contribution in [-0.2, 0) is 0 Å². The first-order valence-corrected chi connectivity index (χ1v) is 8.51. The molecule has 1 aliphatic heterocycles. The van der Waals surface area contributed by atoms with Crippen molar-refractivity contribution in [1.82, 2.24) is 4.90 Å². The van der Waals surface area contributed by atoms with E-state index in [4.69, 9.17) is 4.74 Å². The number of aryl methyl sites for hydroxylation is 1. The highest BCUT2D eigenvalue weighted by atomic mass is 16.5. The summed E-state index contributed by atoms with van der Waals surface area (Å²) in [7, 11) is 1.65. The number of nitrogens with zero attached hydrogens (tertiary/aromatic N) is 2. The van der Waals surface area contributed by atoms with Crippen molar-refractivity contribution in [2.45, 2.75) is 13.0 Å². The first-order valence-electron chi connectivity index (χ1n) is 8.51. The number of hydrogen-bond acceptors (Lipinski definition) is 4. The minimum Gasteiger partial charge on any atom is -0.497 e. The number of anilines is 1. The van der Waals surface area contributed by atoms with E-state index in [-0.39, 0.29) is 0 Å². The largest absolute Gasteiger partial charge is 0.497 e. The third-order valence-corrected chi connectivity index (χ3v) is 4.65. The Morgan fingerprint density at radius 3 is 2.50 bits per heavy atom. The molecule has 24 heavy (non-hydrogen) atoms. The Bertz CT molecular complexity index is 666. The van der Waals surface area contributed by atoms with Gasteiger partial charge in [0.2, 0.25) is 0 Å². The van der Waals surface area contributed by atoms with Crippen LogP contribution in [0.4, 0.5) is 5.69 Å². The molecule has 0 saturated carbocycles. The van der Waals surface area contributed by atoms with Gasteiger partial charge < -0.3 is 14.7 Å². The number of aliphatic hydroxyl groups is 1. The Hall–Kier alpha value is -2.04. The lowest BCUT2D eigenvalue weighted by Gasteiger charge is -2.37. The summed E-state index contributed by atoms with van der Waals surface area (Å²) in [6.45, 7) is 6.71. The van der Waals surface area contributed by atoms with Gasteiger partial charge in [0.15, 0.2) is 0 Å². The smallest absolute Gasteiger partial charge is 0.119 e. The summed E-state index contributed by atoms with van der Waals surface area (Å²) in [5.41, 5.74) is 3.50. The molecule has 0 spiro atoms. The highest BCUT2D eigenvalue weighted by Gasteiger charge is 2.20. The van der Waals surface area contributed by atoms with Crippen LogP contribution in [0.1, 0.15) is 17.2 Å². The molecule has 1 atom stereocenters. The van der Waals surface area contributed by atoms with Crippen LogP contribution in [0.3, 0.4) is 0 Å². The average molecular weight is 326 g/mol. The quantitative estimate of drug-likeness (QED) is 0.916. The number of rotatable bonds is 5. The Labute approximate surface area is 144 Å². The Morgan fingerprint density at radius 1 is 1.04 bits per heavy atom. The van der Waals surface area contributed by atoms with Gasteiger partial charge in [0.1, 0.15) is 5.75 Å². The molecule has 1 heterocycles. The number of piperazine rings is 1. The van der Waals surface area contributed by atoms with Gasteiger partial charge in [0.05, 0.1) is 13.2 Å². The van der Waals surface area contributed by atoms with Crippen LogP contribution in [0.15, 0.2) is 48.5 Å². The van der Waals surface area contributed by atoms with E-state index in [1.165, 1.54) is 11.3 Å². The van der Waals surface area contributed by atoms with Gasteiger partial charge in [-0.2, -0.15) is 0 Å². The maximum absolute atomic E-state index is 10.5. The molecule has 0 amide bonds. The van der Waals surface area contributed by atoms with Crippen molar-refractivity contribution in [3.8, 4) is 5.75 Å². The zero-order valence-corrected chi connectivity index (χ0v) is 14.5. The number of benzene rings is 2. The summed E-state index contributed by atoms with van der Waals surface area (Å²) >= 11 is 0. The maximum atomic E-state index is 10.5. The van der Waals surface area contributed by atoms with E-state index in [1.54, 1.807) is 7.11 Å². The van der Waals surface area contributed by atoms with E-state index in [9.17, 15) is 5.11 Å². The van der Waals surface area contributed by atoms with Crippen molar-refractivity contribution in [3.63, 3.8) is 0 Å². The first kappa shape index (κ1) is 16.8. The van der Waals surface area contributed by atoms with Crippen LogP contribution in [0, 0.1) is 6.92 Å². The zero-order chi connectivity index (χ0) is 16.9. The predicted molar refractivity (Wildman–Crippen MR) is 97.8 cm³/mol. The number of ether oxygens (including phenoxy) is 1. The summed E-state index contributed by atoms with van der Waals surface area (Å²) < 4.78 is 5.24. The first-order chi connectivity index (χ1) is 11.7. The maximum Gasteiger partial charge on any atom is 0.119 e. The second-order valence-corrected chi connectivity index (χ2v) is 6.42. The summed E-state index contributed by atoms with van der Waals surface area (Å²) in [6.07, 6.45) is -0.481. The van der Waals surface area contributed by atoms with Crippen LogP contribution in [-0.4, -0.2) is 49.8 Å². The van der Waals surface area contributed by atoms with E-state index < -0.39 is 6.10 Å². The molecule has 0 bridgehead atoms. The molecule has 1 saturated heterocycles. The van der Waals surface area contributed by atoms with Gasteiger partial charge in [-0.05, 0) is 42.3 Å². The van der Waals surface area contributed by atoms with Gasteiger partial charge in [-0.1, -0.05) is 24.3 Å². The fourth-order valence-electron chi connectivity index (χ4n) is 3.21. The third kappa shape index (κ3) is 4.08. The minimum absolute atomic E-state index is 0.481. The van der Waals surface area contributed by atoms with Crippen molar-refractivity contribution < 1.29 is 9.84 Å². The van der Waals surface area contributed by atoms with Crippen LogP contribution < -0.4 is 9.64 Å². The van der Waals surface area contributed by atoms with Crippen LogP contribution >= 0.6 is 0 Å². The van der Waals surface area contributed by atoms with E-state index in [0.717, 1.165) is 37.5 Å². The lowest BCUT2D eigenvalue weighted by molar-refractivity contribution is 0.109. The van der Waals surface area contributed by atoms with Crippen LogP contribution in [0.25, 0.3) is 0 Å². The molecular formula is C20H26N2O2. The topological polar surface area (TPSA) is 35.9 Å². The second kappa shape index (κ2) is 7.69. The van der Waals surface area contributed by atoms with Crippen molar-refractivity contribution in [3.05, 3.63) is 59.7 Å². The van der Waals surface area contributed by atoms with E-state index in [1.807, 2.05) is 24.3 Å². The van der Waals surface area contributed by atoms with Crippen molar-refractivity contribution >= 4 is 5.69 Å². The van der Waals surface area contributed by atoms with Crippen molar-refractivity contribution in [1.29, 1.82) is 0 Å². The SMILES string of the molecule is COc1cccc([C@@H](O)CN2CCN(c3cccc(C)c3)CC2)c1. The molecule has 1 aliphatic rings. The fraction of sp³-hybridized carbons (Fsp3) is 0.400. The lowest BCUT2D eigenvalue weighted by Crippen LogP contribution is -2.47. The van der Waals surface area contributed by atoms with Crippen molar-refractivity contribution in [2.24, 2.45) is 0 Å². The average Bonchev–Trinajstić information content (AvgIpc) is 2.62. The summed E-state index contributed by atoms with van der Waals surface area (Å²) in [4.78, 5) is 4.75. The number of β-amino-alcohol motifs (C(OH)–C–C–N with tert-alkyl or cyclic N) is 1. The number of hydrogen-bond donors (Lipinski definition) is 1. The van der Waals surface area contributed by atoms with Gasteiger partial charge in [-0.15, -0.1) is 0 Å². The molecule has 1 fully saturated rings. The Morgan fingerprint density at radius 2 is 1.79 bits per heavy atom. The molecule has 0 radical (unpaired) electrons. The van der Waals surface area contributed by atoms with Gasteiger partial charge in [0.25, 0.3) is 0 Å². The molecule has 3 rings (SSSR count). The van der Waals surface area contributed by atoms with Gasteiger partial charge in [-0.3, -0.25) is 4.90 Å². The molecule has 1 N–H and O–H groups in total. The fourth-order valence-corrected chi connectivity index (χ4v) is 3.21. The highest BCUT2D eigenvalue weighted by molar-refractivity contribution is 5.48. The normalized spacial score (nSPS) is 16.9. The zero-order valence-electron chi connectivity index (χ0n) is 14.5. The molecule has 0 aromatic heterocycles. The van der Waals surface area contributed by atoms with E-state index in [2.05, 4.69) is 41.0 Å². The summed E-state index contributed by atoms with van der Waals surface area (Å²) in [6, 6.07) is 16.3. The molecular weight excluding hydrogens is 300 g/mol. The van der Waals surface area contributed by atoms with Gasteiger partial charge in [0, 0.05) is 38.4 Å². The van der Waals surface area contributed by atoms with Gasteiger partial charge >= 0.3 is 0 Å². The summed E-state index contributed by atoms with van der Waals surface area (Å²) in [5.74, 6) is 0.788. The highest BCUT2D eigenvalue weighted by Crippen LogP contribution is 2.22. The third-order valence-electron chi connectivity index (χ3n) is 4.65. The number of aliphatic hydroxyl groups excluding tert-OH is 1. The minimum atomic E-state index is -0.481. The standard InChI is InChI=1S/C20H26N2O2/c1-16-5-3-7-18(13-16)22-11-9-21(10-12-22)15-20(23)17-6-4-8-19(14-17)24-2/h3-8,13-14,20,23H,9-12,15H2,1-2H3/t20-/m0/s1. The molecule has 0 unspecified atom stereocenters. The molecule has 128 valence electrons. The second-order valence-electron chi connectivity index (χ2n) is 6.42. The molecule has 0 aliphatic carbocycles. The molecule has 4 heteroatoms. The van der Waals surface area contributed by atoms with E-state index >= 15 is 0 Å². The number of methoxy groups -OCH3 is 1. The van der Waals surface area contributed by atoms with Crippen molar-refractivity contribution in [2.75, 3.05) is 44.7 Å². The van der Waals surface area contributed by atoms with Crippen LogP contribution in [0.5, 0.6) is 5.75 Å². The monoisotopic (exact) mass is 326 g/mol. The Kier molecular flexibility index (Phi) is 5.38. The summed E-state index contributed by atoms with van der Waals surface area (Å²) in [5, 5.41) is 10.5.